The highest BCUT2D eigenvalue weighted by atomic mass is 35.5. The largest absolute Gasteiger partial charge is 0.492 e. The van der Waals surface area contributed by atoms with Gasteiger partial charge in [-0.2, -0.15) is 0 Å². The van der Waals surface area contributed by atoms with Gasteiger partial charge in [0.1, 0.15) is 12.4 Å². The summed E-state index contributed by atoms with van der Waals surface area (Å²) in [5, 5.41) is 4.15. The van der Waals surface area contributed by atoms with Crippen LogP contribution in [-0.4, -0.2) is 19.7 Å². The van der Waals surface area contributed by atoms with Crippen molar-refractivity contribution >= 4 is 11.6 Å². The van der Waals surface area contributed by atoms with Crippen molar-refractivity contribution in [2.24, 2.45) is 11.8 Å². The molecule has 1 saturated carbocycles. The first-order chi connectivity index (χ1) is 9.19. The van der Waals surface area contributed by atoms with Crippen molar-refractivity contribution in [2.75, 3.05) is 13.7 Å². The molecule has 1 aromatic carbocycles. The van der Waals surface area contributed by atoms with Crippen molar-refractivity contribution in [1.82, 2.24) is 5.32 Å². The Bertz CT molecular complexity index is 396. The Morgan fingerprint density at radius 3 is 2.95 bits per heavy atom. The van der Waals surface area contributed by atoms with Gasteiger partial charge in [-0.3, -0.25) is 0 Å². The lowest BCUT2D eigenvalue weighted by atomic mass is 9.79. The van der Waals surface area contributed by atoms with Crippen molar-refractivity contribution in [3.05, 3.63) is 29.3 Å². The highest BCUT2D eigenvalue weighted by Gasteiger charge is 2.26. The minimum atomic E-state index is 0.432. The standard InChI is InChI=1S/C16H24ClNO/c1-12-5-3-6-13(9-12)16(18-2)11-19-15-8-4-7-14(17)10-15/h4,7-8,10,12-13,16,18H,3,5-6,9,11H2,1-2H3. The second-order valence-corrected chi connectivity index (χ2v) is 6.13. The Hall–Kier alpha value is -0.730. The average molecular weight is 282 g/mol. The summed E-state index contributed by atoms with van der Waals surface area (Å²) in [5.74, 6) is 2.44. The van der Waals surface area contributed by atoms with Crippen LogP contribution in [0.2, 0.25) is 5.02 Å². The molecule has 0 amide bonds. The van der Waals surface area contributed by atoms with E-state index in [1.54, 1.807) is 0 Å². The van der Waals surface area contributed by atoms with Crippen molar-refractivity contribution in [3.8, 4) is 5.75 Å². The third kappa shape index (κ3) is 4.39. The van der Waals surface area contributed by atoms with Crippen LogP contribution in [0.5, 0.6) is 5.75 Å². The quantitative estimate of drug-likeness (QED) is 0.876. The van der Waals surface area contributed by atoms with Crippen LogP contribution in [0.15, 0.2) is 24.3 Å². The minimum absolute atomic E-state index is 0.432. The summed E-state index contributed by atoms with van der Waals surface area (Å²) < 4.78 is 5.88. The zero-order valence-electron chi connectivity index (χ0n) is 11.9. The highest BCUT2D eigenvalue weighted by Crippen LogP contribution is 2.31. The van der Waals surface area contributed by atoms with Crippen LogP contribution >= 0.6 is 11.6 Å². The Morgan fingerprint density at radius 2 is 2.26 bits per heavy atom. The van der Waals surface area contributed by atoms with E-state index in [0.29, 0.717) is 12.6 Å². The van der Waals surface area contributed by atoms with Gasteiger partial charge in [-0.25, -0.2) is 0 Å². The molecule has 0 saturated heterocycles. The molecule has 0 bridgehead atoms. The summed E-state index contributed by atoms with van der Waals surface area (Å²) in [4.78, 5) is 0. The van der Waals surface area contributed by atoms with E-state index in [9.17, 15) is 0 Å². The first-order valence-electron chi connectivity index (χ1n) is 7.24. The van der Waals surface area contributed by atoms with Gasteiger partial charge in [-0.1, -0.05) is 37.4 Å². The molecule has 0 heterocycles. The second-order valence-electron chi connectivity index (χ2n) is 5.70. The third-order valence-electron chi connectivity index (χ3n) is 4.14. The van der Waals surface area contributed by atoms with Crippen LogP contribution in [0.1, 0.15) is 32.6 Å². The van der Waals surface area contributed by atoms with Crippen LogP contribution in [0.3, 0.4) is 0 Å². The molecule has 0 spiro atoms. The summed E-state index contributed by atoms with van der Waals surface area (Å²) in [6.07, 6.45) is 5.35. The lowest BCUT2D eigenvalue weighted by Gasteiger charge is -2.33. The van der Waals surface area contributed by atoms with Crippen LogP contribution in [0.4, 0.5) is 0 Å². The molecule has 1 aliphatic carbocycles. The Morgan fingerprint density at radius 1 is 1.42 bits per heavy atom. The molecule has 3 heteroatoms. The maximum Gasteiger partial charge on any atom is 0.120 e. The number of benzene rings is 1. The molecule has 1 aliphatic rings. The second kappa shape index (κ2) is 7.16. The fraction of sp³-hybridized carbons (Fsp3) is 0.625. The van der Waals surface area contributed by atoms with E-state index >= 15 is 0 Å². The molecule has 19 heavy (non-hydrogen) atoms. The van der Waals surface area contributed by atoms with Gasteiger partial charge in [0, 0.05) is 11.1 Å². The number of hydrogen-bond donors (Lipinski definition) is 1. The van der Waals surface area contributed by atoms with Crippen LogP contribution < -0.4 is 10.1 Å². The Balaban J connectivity index is 1.88. The van der Waals surface area contributed by atoms with E-state index in [0.717, 1.165) is 22.6 Å². The maximum atomic E-state index is 5.97. The maximum absolute atomic E-state index is 5.97. The highest BCUT2D eigenvalue weighted by molar-refractivity contribution is 6.30. The predicted octanol–water partition coefficient (Wildman–Crippen LogP) is 4.13. The van der Waals surface area contributed by atoms with Gasteiger partial charge in [0.25, 0.3) is 0 Å². The lowest BCUT2D eigenvalue weighted by Crippen LogP contribution is -2.40. The summed E-state index contributed by atoms with van der Waals surface area (Å²) >= 11 is 5.97. The molecule has 2 nitrogen and oxygen atoms in total. The topological polar surface area (TPSA) is 21.3 Å². The number of nitrogens with one attached hydrogen (secondary N) is 1. The van der Waals surface area contributed by atoms with E-state index in [1.165, 1.54) is 25.7 Å². The minimum Gasteiger partial charge on any atom is -0.492 e. The van der Waals surface area contributed by atoms with E-state index in [2.05, 4.69) is 12.2 Å². The number of ether oxygens (including phenoxy) is 1. The molecule has 0 radical (unpaired) electrons. The number of halogens is 1. The smallest absolute Gasteiger partial charge is 0.120 e. The molecule has 3 atom stereocenters. The fourth-order valence-electron chi connectivity index (χ4n) is 3.04. The van der Waals surface area contributed by atoms with E-state index in [1.807, 2.05) is 31.3 Å². The van der Waals surface area contributed by atoms with E-state index in [-0.39, 0.29) is 0 Å². The normalized spacial score (nSPS) is 25.0. The average Bonchev–Trinajstić information content (AvgIpc) is 2.40. The number of hydrogen-bond acceptors (Lipinski definition) is 2. The van der Waals surface area contributed by atoms with Gasteiger partial charge >= 0.3 is 0 Å². The first-order valence-corrected chi connectivity index (χ1v) is 7.62. The molecule has 1 aromatic rings. The SMILES string of the molecule is CNC(COc1cccc(Cl)c1)C1CCCC(C)C1. The monoisotopic (exact) mass is 281 g/mol. The van der Waals surface area contributed by atoms with Gasteiger partial charge in [-0.15, -0.1) is 0 Å². The van der Waals surface area contributed by atoms with Crippen LogP contribution in [0, 0.1) is 11.8 Å². The van der Waals surface area contributed by atoms with E-state index in [4.69, 9.17) is 16.3 Å². The summed E-state index contributed by atoms with van der Waals surface area (Å²) in [7, 11) is 2.03. The summed E-state index contributed by atoms with van der Waals surface area (Å²) in [6.45, 7) is 3.07. The fourth-order valence-corrected chi connectivity index (χ4v) is 3.22. The van der Waals surface area contributed by atoms with Gasteiger partial charge in [0.15, 0.2) is 0 Å². The summed E-state index contributed by atoms with van der Waals surface area (Å²) in [5.41, 5.74) is 0. The molecule has 3 unspecified atom stereocenters. The van der Waals surface area contributed by atoms with Crippen molar-refractivity contribution in [1.29, 1.82) is 0 Å². The van der Waals surface area contributed by atoms with Gasteiger partial charge < -0.3 is 10.1 Å². The van der Waals surface area contributed by atoms with Crippen LogP contribution in [0.25, 0.3) is 0 Å². The van der Waals surface area contributed by atoms with Crippen molar-refractivity contribution in [2.45, 2.75) is 38.6 Å². The molecule has 0 aromatic heterocycles. The van der Waals surface area contributed by atoms with Crippen LogP contribution in [-0.2, 0) is 0 Å². The van der Waals surface area contributed by atoms with Crippen molar-refractivity contribution in [3.63, 3.8) is 0 Å². The molecule has 1 N–H and O–H groups in total. The van der Waals surface area contributed by atoms with E-state index < -0.39 is 0 Å². The Labute approximate surface area is 121 Å². The number of rotatable bonds is 5. The van der Waals surface area contributed by atoms with Crippen molar-refractivity contribution < 1.29 is 4.74 Å². The summed E-state index contributed by atoms with van der Waals surface area (Å²) in [6, 6.07) is 8.06. The van der Waals surface area contributed by atoms with Gasteiger partial charge in [-0.05, 0) is 49.9 Å². The number of likely N-dealkylation sites (N-methyl/N-ethyl adjacent to an activating group) is 1. The molecule has 1 fully saturated rings. The molecular formula is C16H24ClNO. The molecule has 2 rings (SSSR count). The predicted molar refractivity (Wildman–Crippen MR) is 80.9 cm³/mol. The molecule has 0 aliphatic heterocycles. The third-order valence-corrected chi connectivity index (χ3v) is 4.38. The van der Waals surface area contributed by atoms with Gasteiger partial charge in [0.2, 0.25) is 0 Å². The Kier molecular flexibility index (Phi) is 5.53. The molecular weight excluding hydrogens is 258 g/mol. The molecule has 106 valence electrons. The first kappa shape index (κ1) is 14.7. The van der Waals surface area contributed by atoms with Gasteiger partial charge in [0.05, 0.1) is 0 Å². The lowest BCUT2D eigenvalue weighted by molar-refractivity contribution is 0.171. The zero-order chi connectivity index (χ0) is 13.7. The zero-order valence-corrected chi connectivity index (χ0v) is 12.6.